The van der Waals surface area contributed by atoms with E-state index in [1.807, 2.05) is 34.3 Å². The number of carbonyl (C=O) groups excluding carboxylic acids is 1. The van der Waals surface area contributed by atoms with Crippen LogP contribution >= 0.6 is 0 Å². The van der Waals surface area contributed by atoms with E-state index in [4.69, 9.17) is 14.9 Å². The summed E-state index contributed by atoms with van der Waals surface area (Å²) in [4.78, 5) is 35.0. The van der Waals surface area contributed by atoms with Crippen molar-refractivity contribution in [2.75, 3.05) is 5.32 Å². The van der Waals surface area contributed by atoms with Crippen molar-refractivity contribution in [3.63, 3.8) is 0 Å². The molecule has 0 spiro atoms. The Morgan fingerprint density at radius 1 is 1.11 bits per heavy atom. The molecule has 4 heterocycles. The predicted octanol–water partition coefficient (Wildman–Crippen LogP) is 4.30. The van der Waals surface area contributed by atoms with Gasteiger partial charge < -0.3 is 10.4 Å². The van der Waals surface area contributed by atoms with Crippen LogP contribution < -0.4 is 5.32 Å². The van der Waals surface area contributed by atoms with Crippen LogP contribution in [0.4, 0.5) is 19.0 Å². The number of hydrogen-bond donors (Lipinski definition) is 2. The van der Waals surface area contributed by atoms with Crippen molar-refractivity contribution in [3.8, 4) is 11.5 Å². The SMILES string of the molecule is Cc1ccc(NC(=O)c2nc(-c3ccnn3C3CCCC3)n3ccncc23)nc1.O=C(O)C(F)(F)F. The topological polar surface area (TPSA) is 127 Å². The highest BCUT2D eigenvalue weighted by molar-refractivity contribution is 6.07. The summed E-state index contributed by atoms with van der Waals surface area (Å²) in [6.45, 7) is 1.95. The molecule has 0 atom stereocenters. The maximum atomic E-state index is 13.0. The van der Waals surface area contributed by atoms with Gasteiger partial charge in [-0.05, 0) is 37.5 Å². The molecule has 0 radical (unpaired) electrons. The molecule has 1 fully saturated rings. The molecule has 36 heavy (non-hydrogen) atoms. The molecule has 4 aromatic rings. The number of rotatable bonds is 4. The van der Waals surface area contributed by atoms with Crippen LogP contribution in [0.2, 0.25) is 0 Å². The minimum absolute atomic E-state index is 0.314. The molecule has 13 heteroatoms. The molecule has 0 bridgehead atoms. The van der Waals surface area contributed by atoms with Gasteiger partial charge in [0.15, 0.2) is 11.5 Å². The van der Waals surface area contributed by atoms with Gasteiger partial charge in [0.25, 0.3) is 5.91 Å². The quantitative estimate of drug-likeness (QED) is 0.427. The Morgan fingerprint density at radius 2 is 1.83 bits per heavy atom. The van der Waals surface area contributed by atoms with Gasteiger partial charge in [0.05, 0.1) is 17.8 Å². The Bertz CT molecular complexity index is 1370. The molecule has 2 N–H and O–H groups in total. The third-order valence-corrected chi connectivity index (χ3v) is 5.63. The Morgan fingerprint density at radius 3 is 2.47 bits per heavy atom. The fourth-order valence-corrected chi connectivity index (χ4v) is 3.93. The fourth-order valence-electron chi connectivity index (χ4n) is 3.93. The summed E-state index contributed by atoms with van der Waals surface area (Å²) in [6, 6.07) is 6.01. The first kappa shape index (κ1) is 24.8. The number of hydrogen-bond acceptors (Lipinski definition) is 6. The third kappa shape index (κ3) is 5.34. The fraction of sp³-hybridized carbons (Fsp3) is 0.304. The van der Waals surface area contributed by atoms with Gasteiger partial charge >= 0.3 is 12.1 Å². The normalized spacial score (nSPS) is 13.9. The Labute approximate surface area is 202 Å². The van der Waals surface area contributed by atoms with Crippen molar-refractivity contribution < 1.29 is 27.9 Å². The maximum Gasteiger partial charge on any atom is 0.490 e. The lowest BCUT2D eigenvalue weighted by Gasteiger charge is -2.13. The molecular formula is C23H22F3N7O3. The monoisotopic (exact) mass is 501 g/mol. The number of nitrogens with zero attached hydrogens (tertiary/aromatic N) is 6. The molecule has 10 nitrogen and oxygen atoms in total. The smallest absolute Gasteiger partial charge is 0.475 e. The summed E-state index contributed by atoms with van der Waals surface area (Å²) >= 11 is 0. The molecule has 5 rings (SSSR count). The van der Waals surface area contributed by atoms with Gasteiger partial charge in [0.2, 0.25) is 0 Å². The van der Waals surface area contributed by atoms with Crippen molar-refractivity contribution in [1.82, 2.24) is 29.1 Å². The number of aryl methyl sites for hydroxylation is 1. The van der Waals surface area contributed by atoms with E-state index in [1.54, 1.807) is 30.9 Å². The molecule has 0 aromatic carbocycles. The first-order valence-corrected chi connectivity index (χ1v) is 11.0. The lowest BCUT2D eigenvalue weighted by molar-refractivity contribution is -0.192. The largest absolute Gasteiger partial charge is 0.490 e. The van der Waals surface area contributed by atoms with Gasteiger partial charge in [-0.2, -0.15) is 18.3 Å². The minimum atomic E-state index is -5.08. The van der Waals surface area contributed by atoms with Gasteiger partial charge in [-0.1, -0.05) is 18.9 Å². The van der Waals surface area contributed by atoms with E-state index >= 15 is 0 Å². The van der Waals surface area contributed by atoms with Crippen molar-refractivity contribution in [3.05, 3.63) is 60.4 Å². The summed E-state index contributed by atoms with van der Waals surface area (Å²) in [5.41, 5.74) is 2.90. The zero-order valence-corrected chi connectivity index (χ0v) is 19.1. The zero-order chi connectivity index (χ0) is 25.9. The Kier molecular flexibility index (Phi) is 6.99. The van der Waals surface area contributed by atoms with E-state index in [1.165, 1.54) is 12.8 Å². The van der Waals surface area contributed by atoms with E-state index in [2.05, 4.69) is 20.4 Å². The lowest BCUT2D eigenvalue weighted by atomic mass is 10.2. The maximum absolute atomic E-state index is 13.0. The Hall–Kier alpha value is -4.29. The first-order chi connectivity index (χ1) is 17.1. The van der Waals surface area contributed by atoms with Crippen LogP contribution in [0.25, 0.3) is 17.0 Å². The van der Waals surface area contributed by atoms with Gasteiger partial charge in [-0.25, -0.2) is 14.8 Å². The number of anilines is 1. The molecule has 188 valence electrons. The average Bonchev–Trinajstić information content (AvgIpc) is 3.59. The van der Waals surface area contributed by atoms with Crippen LogP contribution in [-0.4, -0.2) is 52.3 Å². The van der Waals surface area contributed by atoms with Crippen molar-refractivity contribution >= 4 is 23.2 Å². The van der Waals surface area contributed by atoms with E-state index in [0.717, 1.165) is 24.1 Å². The molecule has 0 unspecified atom stereocenters. The van der Waals surface area contributed by atoms with Crippen LogP contribution in [-0.2, 0) is 4.79 Å². The van der Waals surface area contributed by atoms with Gasteiger partial charge in [-0.3, -0.25) is 18.9 Å². The third-order valence-electron chi connectivity index (χ3n) is 5.63. The molecule has 1 saturated carbocycles. The lowest BCUT2D eigenvalue weighted by Crippen LogP contribution is -2.21. The number of halogens is 3. The second-order valence-corrected chi connectivity index (χ2v) is 8.19. The minimum Gasteiger partial charge on any atom is -0.475 e. The number of fused-ring (bicyclic) bond motifs is 1. The molecule has 4 aromatic heterocycles. The highest BCUT2D eigenvalue weighted by Crippen LogP contribution is 2.33. The molecular weight excluding hydrogens is 479 g/mol. The highest BCUT2D eigenvalue weighted by Gasteiger charge is 2.38. The predicted molar refractivity (Wildman–Crippen MR) is 122 cm³/mol. The van der Waals surface area contributed by atoms with E-state index in [9.17, 15) is 18.0 Å². The van der Waals surface area contributed by atoms with Gasteiger partial charge in [0, 0.05) is 24.8 Å². The number of pyridine rings is 1. The second kappa shape index (κ2) is 10.1. The van der Waals surface area contributed by atoms with Crippen molar-refractivity contribution in [2.45, 2.75) is 44.8 Å². The first-order valence-electron chi connectivity index (χ1n) is 11.0. The van der Waals surface area contributed by atoms with Crippen molar-refractivity contribution in [1.29, 1.82) is 0 Å². The van der Waals surface area contributed by atoms with Crippen LogP contribution in [0.3, 0.4) is 0 Å². The van der Waals surface area contributed by atoms with E-state index in [-0.39, 0.29) is 5.91 Å². The van der Waals surface area contributed by atoms with Gasteiger partial charge in [-0.15, -0.1) is 0 Å². The summed E-state index contributed by atoms with van der Waals surface area (Å²) in [5, 5.41) is 14.5. The number of aromatic nitrogens is 6. The number of carboxylic acids is 1. The number of amides is 1. The summed E-state index contributed by atoms with van der Waals surface area (Å²) in [5.74, 6) is -1.89. The number of nitrogens with one attached hydrogen (secondary N) is 1. The zero-order valence-electron chi connectivity index (χ0n) is 19.1. The molecule has 0 saturated heterocycles. The summed E-state index contributed by atoms with van der Waals surface area (Å²) in [7, 11) is 0. The molecule has 1 amide bonds. The molecule has 1 aliphatic rings. The van der Waals surface area contributed by atoms with Crippen LogP contribution in [0.1, 0.15) is 47.8 Å². The Balaban J connectivity index is 0.000000384. The molecule has 1 aliphatic carbocycles. The highest BCUT2D eigenvalue weighted by atomic mass is 19.4. The average molecular weight is 501 g/mol. The van der Waals surface area contributed by atoms with E-state index in [0.29, 0.717) is 28.9 Å². The van der Waals surface area contributed by atoms with Crippen molar-refractivity contribution in [2.24, 2.45) is 0 Å². The van der Waals surface area contributed by atoms with E-state index < -0.39 is 12.1 Å². The summed E-state index contributed by atoms with van der Waals surface area (Å²) < 4.78 is 35.7. The standard InChI is InChI=1S/C21H21N7O.C2HF3O2/c1-14-6-7-18(23-12-14)25-21(29)19-17-13-22-10-11-27(17)20(26-19)16-8-9-24-28(16)15-4-2-3-5-15;3-2(4,5)1(6)7/h6-13,15H,2-5H2,1H3,(H,23,25,29);(H,6,7). The number of carboxylic acid groups (broad SMARTS) is 1. The van der Waals surface area contributed by atoms with Crippen LogP contribution in [0.5, 0.6) is 0 Å². The number of carbonyl (C=O) groups is 2. The van der Waals surface area contributed by atoms with Gasteiger partial charge in [0.1, 0.15) is 11.5 Å². The summed E-state index contributed by atoms with van der Waals surface area (Å²) in [6.07, 6.45) is 8.27. The van der Waals surface area contributed by atoms with Crippen LogP contribution in [0.15, 0.2) is 49.2 Å². The second-order valence-electron chi connectivity index (χ2n) is 8.19. The number of imidazole rings is 1. The molecule has 0 aliphatic heterocycles. The van der Waals surface area contributed by atoms with Crippen LogP contribution in [0, 0.1) is 6.92 Å². The number of aliphatic carboxylic acids is 1. The number of alkyl halides is 3.